The number of halogens is 1. The predicted molar refractivity (Wildman–Crippen MR) is 85.9 cm³/mol. The fraction of sp³-hybridized carbons (Fsp3) is 0.600. The third kappa shape index (κ3) is 4.68. The summed E-state index contributed by atoms with van der Waals surface area (Å²) in [6.45, 7) is 6.55. The minimum absolute atomic E-state index is 0.0112. The van der Waals surface area contributed by atoms with Gasteiger partial charge in [0.2, 0.25) is 10.0 Å². The third-order valence-electron chi connectivity index (χ3n) is 3.70. The van der Waals surface area contributed by atoms with Crippen molar-refractivity contribution >= 4 is 21.6 Å². The highest BCUT2D eigenvalue weighted by Gasteiger charge is 2.31. The molecule has 0 radical (unpaired) electrons. The summed E-state index contributed by atoms with van der Waals surface area (Å²) in [5.74, 6) is 0.481. The Bertz CT molecular complexity index is 598. The lowest BCUT2D eigenvalue weighted by atomic mass is 10.2. The van der Waals surface area contributed by atoms with Crippen molar-refractivity contribution in [2.24, 2.45) is 5.92 Å². The number of sulfonamides is 1. The Morgan fingerprint density at radius 1 is 1.29 bits per heavy atom. The predicted octanol–water partition coefficient (Wildman–Crippen LogP) is 2.91. The molecule has 118 valence electrons. The molecule has 0 spiro atoms. The monoisotopic (exact) mass is 330 g/mol. The van der Waals surface area contributed by atoms with Crippen LogP contribution >= 0.6 is 11.6 Å². The Kier molecular flexibility index (Phi) is 5.30. The molecule has 2 N–H and O–H groups in total. The van der Waals surface area contributed by atoms with Crippen LogP contribution in [0.2, 0.25) is 5.02 Å². The summed E-state index contributed by atoms with van der Waals surface area (Å²) in [5.41, 5.74) is 0.798. The summed E-state index contributed by atoms with van der Waals surface area (Å²) in [6.07, 6.45) is 2.21. The SMILES string of the molecule is CC(C)NCc1cc(S(=O)(=O)NC(C)C2CC2)ccc1Cl. The van der Waals surface area contributed by atoms with Crippen molar-refractivity contribution in [3.05, 3.63) is 28.8 Å². The van der Waals surface area contributed by atoms with Crippen LogP contribution in [0.15, 0.2) is 23.1 Å². The summed E-state index contributed by atoms with van der Waals surface area (Å²) in [7, 11) is -3.48. The number of hydrogen-bond donors (Lipinski definition) is 2. The Labute approximate surface area is 132 Å². The molecule has 2 rings (SSSR count). The van der Waals surface area contributed by atoms with E-state index in [0.717, 1.165) is 18.4 Å². The Morgan fingerprint density at radius 2 is 1.95 bits per heavy atom. The molecule has 21 heavy (non-hydrogen) atoms. The maximum absolute atomic E-state index is 12.4. The van der Waals surface area contributed by atoms with Crippen molar-refractivity contribution < 1.29 is 8.42 Å². The molecule has 6 heteroatoms. The molecule has 1 aromatic carbocycles. The highest BCUT2D eigenvalue weighted by Crippen LogP contribution is 2.33. The van der Waals surface area contributed by atoms with E-state index in [-0.39, 0.29) is 10.9 Å². The number of hydrogen-bond acceptors (Lipinski definition) is 3. The number of nitrogens with one attached hydrogen (secondary N) is 2. The van der Waals surface area contributed by atoms with Crippen molar-refractivity contribution in [3.8, 4) is 0 Å². The second kappa shape index (κ2) is 6.65. The lowest BCUT2D eigenvalue weighted by Gasteiger charge is -2.15. The van der Waals surface area contributed by atoms with Crippen molar-refractivity contribution in [3.63, 3.8) is 0 Å². The van der Waals surface area contributed by atoms with E-state index in [0.29, 0.717) is 23.5 Å². The van der Waals surface area contributed by atoms with Crippen molar-refractivity contribution in [1.29, 1.82) is 0 Å². The minimum Gasteiger partial charge on any atom is -0.310 e. The summed E-state index contributed by atoms with van der Waals surface area (Å²) in [6, 6.07) is 5.16. The molecule has 0 amide bonds. The molecular weight excluding hydrogens is 308 g/mol. The minimum atomic E-state index is -3.48. The first kappa shape index (κ1) is 16.7. The van der Waals surface area contributed by atoms with Crippen LogP contribution in [0.5, 0.6) is 0 Å². The van der Waals surface area contributed by atoms with E-state index < -0.39 is 10.0 Å². The van der Waals surface area contributed by atoms with Crippen LogP contribution in [-0.4, -0.2) is 20.5 Å². The second-order valence-corrected chi connectivity index (χ2v) is 8.16. The molecule has 1 aliphatic carbocycles. The van der Waals surface area contributed by atoms with E-state index in [1.54, 1.807) is 18.2 Å². The van der Waals surface area contributed by atoms with Gasteiger partial charge < -0.3 is 5.32 Å². The topological polar surface area (TPSA) is 58.2 Å². The van der Waals surface area contributed by atoms with Crippen molar-refractivity contribution in [2.75, 3.05) is 0 Å². The maximum atomic E-state index is 12.4. The first-order chi connectivity index (χ1) is 9.79. The standard InChI is InChI=1S/C15H23ClN2O2S/c1-10(2)17-9-13-8-14(6-7-15(13)16)21(19,20)18-11(3)12-4-5-12/h6-8,10-12,17-18H,4-5,9H2,1-3H3. The Morgan fingerprint density at radius 3 is 2.52 bits per heavy atom. The zero-order valence-corrected chi connectivity index (χ0v) is 14.3. The molecule has 1 saturated carbocycles. The molecule has 0 bridgehead atoms. The van der Waals surface area contributed by atoms with Crippen LogP contribution < -0.4 is 10.0 Å². The average molecular weight is 331 g/mol. The van der Waals surface area contributed by atoms with Crippen LogP contribution in [0, 0.1) is 5.92 Å². The van der Waals surface area contributed by atoms with E-state index in [1.807, 2.05) is 20.8 Å². The lowest BCUT2D eigenvalue weighted by Crippen LogP contribution is -2.34. The highest BCUT2D eigenvalue weighted by molar-refractivity contribution is 7.89. The number of benzene rings is 1. The van der Waals surface area contributed by atoms with E-state index in [2.05, 4.69) is 10.0 Å². The molecule has 1 unspecified atom stereocenters. The van der Waals surface area contributed by atoms with Crippen LogP contribution in [0.4, 0.5) is 0 Å². The van der Waals surface area contributed by atoms with Gasteiger partial charge in [0.05, 0.1) is 4.90 Å². The van der Waals surface area contributed by atoms with Crippen molar-refractivity contribution in [2.45, 2.75) is 57.1 Å². The molecule has 1 aromatic rings. The normalized spacial score (nSPS) is 17.2. The smallest absolute Gasteiger partial charge is 0.240 e. The molecule has 0 saturated heterocycles. The van der Waals surface area contributed by atoms with Crippen LogP contribution in [0.1, 0.15) is 39.2 Å². The fourth-order valence-corrected chi connectivity index (χ4v) is 3.72. The summed E-state index contributed by atoms with van der Waals surface area (Å²) < 4.78 is 27.6. The highest BCUT2D eigenvalue weighted by atomic mass is 35.5. The average Bonchev–Trinajstić information content (AvgIpc) is 3.21. The molecule has 0 aromatic heterocycles. The molecule has 1 fully saturated rings. The van der Waals surface area contributed by atoms with Gasteiger partial charge in [-0.2, -0.15) is 0 Å². The van der Waals surface area contributed by atoms with Gasteiger partial charge in [-0.15, -0.1) is 0 Å². The molecule has 4 nitrogen and oxygen atoms in total. The maximum Gasteiger partial charge on any atom is 0.240 e. The quantitative estimate of drug-likeness (QED) is 0.808. The molecular formula is C15H23ClN2O2S. The van der Waals surface area contributed by atoms with E-state index >= 15 is 0 Å². The van der Waals surface area contributed by atoms with Crippen LogP contribution in [0.3, 0.4) is 0 Å². The van der Waals surface area contributed by atoms with Gasteiger partial charge in [-0.3, -0.25) is 0 Å². The Hall–Kier alpha value is -0.620. The largest absolute Gasteiger partial charge is 0.310 e. The van der Waals surface area contributed by atoms with Gasteiger partial charge in [-0.25, -0.2) is 13.1 Å². The summed E-state index contributed by atoms with van der Waals surface area (Å²) in [4.78, 5) is 0.278. The Balaban J connectivity index is 2.16. The number of rotatable bonds is 7. The fourth-order valence-electron chi connectivity index (χ4n) is 2.17. The zero-order valence-electron chi connectivity index (χ0n) is 12.7. The summed E-state index contributed by atoms with van der Waals surface area (Å²) >= 11 is 6.14. The van der Waals surface area contributed by atoms with Gasteiger partial charge in [-0.1, -0.05) is 25.4 Å². The first-order valence-electron chi connectivity index (χ1n) is 7.33. The van der Waals surface area contributed by atoms with Crippen molar-refractivity contribution in [1.82, 2.24) is 10.0 Å². The lowest BCUT2D eigenvalue weighted by molar-refractivity contribution is 0.537. The van der Waals surface area contributed by atoms with Gasteiger partial charge >= 0.3 is 0 Å². The third-order valence-corrected chi connectivity index (χ3v) is 5.62. The van der Waals surface area contributed by atoms with Gasteiger partial charge in [0.25, 0.3) is 0 Å². The van der Waals surface area contributed by atoms with E-state index in [9.17, 15) is 8.42 Å². The van der Waals surface area contributed by atoms with E-state index in [1.165, 1.54) is 0 Å². The zero-order chi connectivity index (χ0) is 15.6. The van der Waals surface area contributed by atoms with E-state index in [4.69, 9.17) is 11.6 Å². The van der Waals surface area contributed by atoms with Gasteiger partial charge in [0.15, 0.2) is 0 Å². The van der Waals surface area contributed by atoms with Gasteiger partial charge in [0, 0.05) is 23.7 Å². The van der Waals surface area contributed by atoms with Gasteiger partial charge in [-0.05, 0) is 49.4 Å². The van der Waals surface area contributed by atoms with Crippen LogP contribution in [0.25, 0.3) is 0 Å². The molecule has 0 heterocycles. The molecule has 0 aliphatic heterocycles. The summed E-state index contributed by atoms with van der Waals surface area (Å²) in [5, 5.41) is 3.83. The molecule has 1 aliphatic rings. The van der Waals surface area contributed by atoms with Gasteiger partial charge in [0.1, 0.15) is 0 Å². The van der Waals surface area contributed by atoms with Crippen LogP contribution in [-0.2, 0) is 16.6 Å². The molecule has 1 atom stereocenters. The second-order valence-electron chi connectivity index (χ2n) is 6.04. The first-order valence-corrected chi connectivity index (χ1v) is 9.20.